The Morgan fingerprint density at radius 3 is 2.59 bits per heavy atom. The van der Waals surface area contributed by atoms with Gasteiger partial charge in [-0.25, -0.2) is 4.98 Å². The average molecular weight is 434 g/mol. The van der Waals surface area contributed by atoms with E-state index in [2.05, 4.69) is 65.8 Å². The van der Waals surface area contributed by atoms with E-state index in [0.29, 0.717) is 19.2 Å². The molecule has 0 atom stereocenters. The van der Waals surface area contributed by atoms with Gasteiger partial charge in [0.2, 0.25) is 5.95 Å². The van der Waals surface area contributed by atoms with Gasteiger partial charge in [0.05, 0.1) is 13.2 Å². The first kappa shape index (κ1) is 21.9. The summed E-state index contributed by atoms with van der Waals surface area (Å²) < 4.78 is 11.6. The number of fused-ring (bicyclic) bond motifs is 1. The van der Waals surface area contributed by atoms with E-state index in [1.165, 1.54) is 0 Å². The van der Waals surface area contributed by atoms with Crippen molar-refractivity contribution in [3.63, 3.8) is 0 Å². The summed E-state index contributed by atoms with van der Waals surface area (Å²) in [5, 5.41) is 6.62. The van der Waals surface area contributed by atoms with E-state index >= 15 is 0 Å². The number of morpholine rings is 1. The molecule has 0 spiro atoms. The van der Waals surface area contributed by atoms with Crippen LogP contribution in [0.2, 0.25) is 0 Å². The molecule has 2 aromatic heterocycles. The molecule has 0 radical (unpaired) electrons. The van der Waals surface area contributed by atoms with Crippen LogP contribution < -0.4 is 15.5 Å². The van der Waals surface area contributed by atoms with E-state index < -0.39 is 0 Å². The number of nitrogens with zero attached hydrogens (tertiary/aromatic N) is 3. The summed E-state index contributed by atoms with van der Waals surface area (Å²) in [4.78, 5) is 11.8. The van der Waals surface area contributed by atoms with Gasteiger partial charge in [-0.05, 0) is 23.6 Å². The molecule has 2 N–H and O–H groups in total. The summed E-state index contributed by atoms with van der Waals surface area (Å²) in [6.07, 6.45) is 6.05. The van der Waals surface area contributed by atoms with Crippen LogP contribution in [0, 0.1) is 0 Å². The molecule has 0 bridgehead atoms. The average Bonchev–Trinajstić information content (AvgIpc) is 3.27. The number of ether oxygens (including phenoxy) is 1. The molecule has 168 valence electrons. The van der Waals surface area contributed by atoms with Crippen LogP contribution in [0.25, 0.3) is 16.7 Å². The number of hydrogen-bond acceptors (Lipinski definition) is 7. The van der Waals surface area contributed by atoms with Gasteiger partial charge in [0, 0.05) is 32.6 Å². The topological polar surface area (TPSA) is 75.5 Å². The van der Waals surface area contributed by atoms with Gasteiger partial charge in [-0.15, -0.1) is 0 Å². The standard InChI is InChI=1S/C25H31N5O2/c1-4-9-19(18-10-7-6-8-11-18)16-22(26-3)28-25-27-21-17-20(5-2)32-23(21)24(29-25)30-12-14-31-15-13-30/h6-11,16-17,26H,4-5,12-15H2,1-3H3,(H,27,28,29)/b19-9+,22-16+. The van der Waals surface area contributed by atoms with Crippen LogP contribution in [0.5, 0.6) is 0 Å². The van der Waals surface area contributed by atoms with Gasteiger partial charge in [-0.1, -0.05) is 50.3 Å². The molecule has 0 unspecified atom stereocenters. The van der Waals surface area contributed by atoms with Crippen molar-refractivity contribution in [3.8, 4) is 0 Å². The summed E-state index contributed by atoms with van der Waals surface area (Å²) in [5.41, 5.74) is 3.84. The molecule has 7 heteroatoms. The number of rotatable bonds is 8. The molecule has 7 nitrogen and oxygen atoms in total. The fourth-order valence-electron chi connectivity index (χ4n) is 3.74. The van der Waals surface area contributed by atoms with Gasteiger partial charge in [-0.3, -0.25) is 0 Å². The van der Waals surface area contributed by atoms with E-state index in [1.54, 1.807) is 0 Å². The highest BCUT2D eigenvalue weighted by Crippen LogP contribution is 2.29. The zero-order valence-corrected chi connectivity index (χ0v) is 19.0. The zero-order valence-electron chi connectivity index (χ0n) is 19.0. The molecule has 32 heavy (non-hydrogen) atoms. The van der Waals surface area contributed by atoms with Crippen molar-refractivity contribution < 1.29 is 9.15 Å². The van der Waals surface area contributed by atoms with Gasteiger partial charge in [0.25, 0.3) is 0 Å². The van der Waals surface area contributed by atoms with Crippen LogP contribution in [-0.2, 0) is 11.2 Å². The molecule has 0 saturated carbocycles. The number of anilines is 2. The zero-order chi connectivity index (χ0) is 22.3. The minimum absolute atomic E-state index is 0.534. The van der Waals surface area contributed by atoms with E-state index in [1.807, 2.05) is 19.2 Å². The smallest absolute Gasteiger partial charge is 0.231 e. The molecule has 4 rings (SSSR count). The molecule has 1 aromatic carbocycles. The maximum absolute atomic E-state index is 6.07. The van der Waals surface area contributed by atoms with Crippen molar-refractivity contribution in [1.82, 2.24) is 15.3 Å². The lowest BCUT2D eigenvalue weighted by molar-refractivity contribution is 0.122. The van der Waals surface area contributed by atoms with Crippen LogP contribution >= 0.6 is 0 Å². The summed E-state index contributed by atoms with van der Waals surface area (Å²) in [6, 6.07) is 12.4. The number of aromatic nitrogens is 2. The second-order valence-corrected chi connectivity index (χ2v) is 7.62. The molecular weight excluding hydrogens is 402 g/mol. The maximum Gasteiger partial charge on any atom is 0.231 e. The molecule has 1 aliphatic heterocycles. The monoisotopic (exact) mass is 433 g/mol. The third-order valence-electron chi connectivity index (χ3n) is 5.41. The first-order valence-corrected chi connectivity index (χ1v) is 11.3. The Balaban J connectivity index is 1.70. The Labute approximate surface area is 189 Å². The van der Waals surface area contributed by atoms with Crippen molar-refractivity contribution in [2.24, 2.45) is 0 Å². The Morgan fingerprint density at radius 1 is 1.12 bits per heavy atom. The third kappa shape index (κ3) is 4.94. The van der Waals surface area contributed by atoms with Crippen molar-refractivity contribution >= 4 is 28.4 Å². The van der Waals surface area contributed by atoms with E-state index in [-0.39, 0.29) is 0 Å². The summed E-state index contributed by atoms with van der Waals surface area (Å²) >= 11 is 0. The molecule has 3 heterocycles. The highest BCUT2D eigenvalue weighted by Gasteiger charge is 2.21. The van der Waals surface area contributed by atoms with E-state index in [4.69, 9.17) is 19.1 Å². The van der Waals surface area contributed by atoms with E-state index in [9.17, 15) is 0 Å². The lowest BCUT2D eigenvalue weighted by Crippen LogP contribution is -2.37. The Bertz CT molecular complexity index is 1100. The van der Waals surface area contributed by atoms with Crippen LogP contribution in [0.4, 0.5) is 11.8 Å². The Morgan fingerprint density at radius 2 is 1.91 bits per heavy atom. The summed E-state index contributed by atoms with van der Waals surface area (Å²) in [5.74, 6) is 3.07. The fourth-order valence-corrected chi connectivity index (χ4v) is 3.74. The number of benzene rings is 1. The Kier molecular flexibility index (Phi) is 7.07. The molecule has 0 amide bonds. The first-order valence-electron chi connectivity index (χ1n) is 11.3. The number of allylic oxidation sites excluding steroid dienone is 3. The van der Waals surface area contributed by atoms with Gasteiger partial charge in [0.1, 0.15) is 17.1 Å². The molecule has 0 aliphatic carbocycles. The van der Waals surface area contributed by atoms with E-state index in [0.717, 1.165) is 65.6 Å². The van der Waals surface area contributed by atoms with Crippen molar-refractivity contribution in [1.29, 1.82) is 0 Å². The molecule has 1 saturated heterocycles. The second kappa shape index (κ2) is 10.3. The largest absolute Gasteiger partial charge is 0.455 e. The highest BCUT2D eigenvalue weighted by atomic mass is 16.5. The van der Waals surface area contributed by atoms with Gasteiger partial charge >= 0.3 is 0 Å². The predicted molar refractivity (Wildman–Crippen MR) is 130 cm³/mol. The highest BCUT2D eigenvalue weighted by molar-refractivity contribution is 5.86. The molecule has 1 aliphatic rings. The number of furan rings is 1. The number of aryl methyl sites for hydroxylation is 1. The van der Waals surface area contributed by atoms with Crippen LogP contribution in [0.1, 0.15) is 31.6 Å². The summed E-state index contributed by atoms with van der Waals surface area (Å²) in [6.45, 7) is 7.13. The minimum atomic E-state index is 0.534. The van der Waals surface area contributed by atoms with Crippen molar-refractivity contribution in [2.75, 3.05) is 43.6 Å². The first-order chi connectivity index (χ1) is 15.7. The molecular formula is C25H31N5O2. The lowest BCUT2D eigenvalue weighted by Gasteiger charge is -2.27. The molecule has 3 aromatic rings. The SMILES string of the molecule is CC/C=C(\C=C(/NC)Nc1nc(N2CCOCC2)c2oc(CC)cc2n1)c1ccccc1. The predicted octanol–water partition coefficient (Wildman–Crippen LogP) is 4.59. The third-order valence-corrected chi connectivity index (χ3v) is 5.41. The fraction of sp³-hybridized carbons (Fsp3) is 0.360. The lowest BCUT2D eigenvalue weighted by atomic mass is 10.0. The quantitative estimate of drug-likeness (QED) is 0.503. The Hall–Kier alpha value is -3.32. The van der Waals surface area contributed by atoms with Crippen LogP contribution in [0.3, 0.4) is 0 Å². The van der Waals surface area contributed by atoms with Crippen molar-refractivity contribution in [2.45, 2.75) is 26.7 Å². The molecule has 1 fully saturated rings. The number of hydrogen-bond donors (Lipinski definition) is 2. The second-order valence-electron chi connectivity index (χ2n) is 7.62. The normalized spacial score (nSPS) is 15.3. The van der Waals surface area contributed by atoms with Gasteiger partial charge in [-0.2, -0.15) is 4.98 Å². The minimum Gasteiger partial charge on any atom is -0.455 e. The maximum atomic E-state index is 6.07. The van der Waals surface area contributed by atoms with Gasteiger partial charge < -0.3 is 24.7 Å². The van der Waals surface area contributed by atoms with Crippen LogP contribution in [-0.4, -0.2) is 43.3 Å². The number of nitrogens with one attached hydrogen (secondary N) is 2. The van der Waals surface area contributed by atoms with Gasteiger partial charge in [0.15, 0.2) is 11.4 Å². The summed E-state index contributed by atoms with van der Waals surface area (Å²) in [7, 11) is 1.89. The van der Waals surface area contributed by atoms with Crippen LogP contribution in [0.15, 0.2) is 58.8 Å². The van der Waals surface area contributed by atoms with Crippen molar-refractivity contribution in [3.05, 3.63) is 65.7 Å².